The van der Waals surface area contributed by atoms with Crippen LogP contribution in [0.1, 0.15) is 5.56 Å². The minimum atomic E-state index is -0.777. The molecule has 4 rings (SSSR count). The highest BCUT2D eigenvalue weighted by molar-refractivity contribution is 7.22. The molecule has 0 saturated heterocycles. The van der Waals surface area contributed by atoms with Gasteiger partial charge in [0.15, 0.2) is 17.6 Å². The fraction of sp³-hybridized carbons (Fsp3) is 0.136. The van der Waals surface area contributed by atoms with E-state index in [1.54, 1.807) is 49.8 Å². The lowest BCUT2D eigenvalue weighted by Gasteiger charge is -2.20. The zero-order valence-electron chi connectivity index (χ0n) is 16.4. The van der Waals surface area contributed by atoms with Crippen LogP contribution in [0.15, 0.2) is 60.9 Å². The molecule has 158 valence electrons. The molecule has 2 aromatic heterocycles. The number of carbonyl (C=O) groups excluding carboxylic acids is 1. The van der Waals surface area contributed by atoms with Crippen LogP contribution in [-0.2, 0) is 11.3 Å². The van der Waals surface area contributed by atoms with Gasteiger partial charge in [-0.15, -0.1) is 0 Å². The van der Waals surface area contributed by atoms with Crippen LogP contribution in [0.25, 0.3) is 10.2 Å². The number of nitrogens with zero attached hydrogens (tertiary/aromatic N) is 3. The van der Waals surface area contributed by atoms with Crippen LogP contribution < -0.4 is 14.4 Å². The average Bonchev–Trinajstić information content (AvgIpc) is 3.21. The predicted octanol–water partition coefficient (Wildman–Crippen LogP) is 4.59. The number of ether oxygens (including phenoxy) is 2. The van der Waals surface area contributed by atoms with E-state index in [2.05, 4.69) is 9.97 Å². The molecule has 6 nitrogen and oxygen atoms in total. The Bertz CT molecular complexity index is 1200. The number of fused-ring (bicyclic) bond motifs is 1. The summed E-state index contributed by atoms with van der Waals surface area (Å²) in [7, 11) is 1.56. The molecule has 9 heteroatoms. The molecule has 0 saturated carbocycles. The number of aromatic nitrogens is 2. The Kier molecular flexibility index (Phi) is 6.03. The number of pyridine rings is 1. The van der Waals surface area contributed by atoms with Gasteiger partial charge in [0.1, 0.15) is 22.8 Å². The maximum atomic E-state index is 14.1. The van der Waals surface area contributed by atoms with Gasteiger partial charge in [-0.2, -0.15) is 0 Å². The Labute approximate surface area is 180 Å². The molecule has 0 radical (unpaired) electrons. The zero-order valence-corrected chi connectivity index (χ0v) is 17.2. The molecule has 0 spiro atoms. The van der Waals surface area contributed by atoms with E-state index in [1.165, 1.54) is 11.0 Å². The van der Waals surface area contributed by atoms with Gasteiger partial charge in [0.25, 0.3) is 5.91 Å². The monoisotopic (exact) mass is 441 g/mol. The van der Waals surface area contributed by atoms with Crippen LogP contribution in [0, 0.1) is 11.6 Å². The number of thiazole rings is 1. The normalized spacial score (nSPS) is 10.8. The second-order valence-corrected chi connectivity index (χ2v) is 7.55. The van der Waals surface area contributed by atoms with Crippen molar-refractivity contribution >= 4 is 32.6 Å². The molecule has 0 aliphatic heterocycles. The minimum absolute atomic E-state index is 0.0152. The van der Waals surface area contributed by atoms with Gasteiger partial charge in [-0.25, -0.2) is 13.8 Å². The maximum absolute atomic E-state index is 14.1. The lowest BCUT2D eigenvalue weighted by molar-refractivity contribution is -0.120. The summed E-state index contributed by atoms with van der Waals surface area (Å²) in [5.41, 5.74) is 0.771. The van der Waals surface area contributed by atoms with E-state index in [-0.39, 0.29) is 29.7 Å². The molecular weight excluding hydrogens is 424 g/mol. The molecule has 1 amide bonds. The molecule has 2 aromatic carbocycles. The summed E-state index contributed by atoms with van der Waals surface area (Å²) in [5.74, 6) is -0.706. The maximum Gasteiger partial charge on any atom is 0.267 e. The highest BCUT2D eigenvalue weighted by Crippen LogP contribution is 2.32. The molecule has 0 aliphatic rings. The van der Waals surface area contributed by atoms with Crippen molar-refractivity contribution in [2.24, 2.45) is 0 Å². The lowest BCUT2D eigenvalue weighted by atomic mass is 10.2. The Balaban J connectivity index is 1.60. The number of rotatable bonds is 7. The third-order valence-electron chi connectivity index (χ3n) is 4.42. The first kappa shape index (κ1) is 20.7. The van der Waals surface area contributed by atoms with Crippen molar-refractivity contribution in [1.29, 1.82) is 0 Å². The summed E-state index contributed by atoms with van der Waals surface area (Å²) >= 11 is 1.03. The highest BCUT2D eigenvalue weighted by atomic mass is 32.1. The van der Waals surface area contributed by atoms with Crippen molar-refractivity contribution in [2.75, 3.05) is 18.6 Å². The summed E-state index contributed by atoms with van der Waals surface area (Å²) in [4.78, 5) is 22.7. The SMILES string of the molecule is COc1ccc(OCC(=O)N(Cc2cccnc2)c2nc3c(F)cc(F)cc3s2)cc1. The Hall–Kier alpha value is -3.59. The molecule has 2 heterocycles. The molecule has 0 aliphatic carbocycles. The van der Waals surface area contributed by atoms with Crippen molar-refractivity contribution in [3.8, 4) is 11.5 Å². The van der Waals surface area contributed by atoms with Crippen molar-refractivity contribution in [3.63, 3.8) is 0 Å². The van der Waals surface area contributed by atoms with E-state index < -0.39 is 11.6 Å². The Morgan fingerprint density at radius 1 is 1.13 bits per heavy atom. The van der Waals surface area contributed by atoms with Gasteiger partial charge in [0, 0.05) is 18.5 Å². The lowest BCUT2D eigenvalue weighted by Crippen LogP contribution is -2.34. The first-order valence-electron chi connectivity index (χ1n) is 9.25. The van der Waals surface area contributed by atoms with E-state index >= 15 is 0 Å². The quantitative estimate of drug-likeness (QED) is 0.420. The largest absolute Gasteiger partial charge is 0.497 e. The zero-order chi connectivity index (χ0) is 21.8. The summed E-state index contributed by atoms with van der Waals surface area (Å²) in [5, 5.41) is 0.242. The first-order valence-corrected chi connectivity index (χ1v) is 10.1. The topological polar surface area (TPSA) is 64.6 Å². The number of methoxy groups -OCH3 is 1. The number of amides is 1. The van der Waals surface area contributed by atoms with Gasteiger partial charge >= 0.3 is 0 Å². The highest BCUT2D eigenvalue weighted by Gasteiger charge is 2.22. The number of benzene rings is 2. The number of hydrogen-bond donors (Lipinski definition) is 0. The second-order valence-electron chi connectivity index (χ2n) is 6.54. The van der Waals surface area contributed by atoms with Crippen molar-refractivity contribution in [3.05, 3.63) is 78.1 Å². The molecule has 0 atom stereocenters. The van der Waals surface area contributed by atoms with Gasteiger partial charge in [0.05, 0.1) is 18.4 Å². The molecule has 4 aromatic rings. The fourth-order valence-electron chi connectivity index (χ4n) is 2.89. The van der Waals surface area contributed by atoms with Crippen LogP contribution in [0.2, 0.25) is 0 Å². The van der Waals surface area contributed by atoms with Crippen LogP contribution in [0.5, 0.6) is 11.5 Å². The molecule has 0 N–H and O–H groups in total. The number of halogens is 2. The molecule has 0 fully saturated rings. The van der Waals surface area contributed by atoms with Crippen LogP contribution in [0.3, 0.4) is 0 Å². The summed E-state index contributed by atoms with van der Waals surface area (Å²) in [6.07, 6.45) is 3.25. The van der Waals surface area contributed by atoms with Gasteiger partial charge in [-0.05, 0) is 42.0 Å². The summed E-state index contributed by atoms with van der Waals surface area (Å²) in [6.45, 7) is -0.109. The second kappa shape index (κ2) is 9.05. The standard InChI is InChI=1S/C22H17F2N3O3S/c1-29-16-4-6-17(7-5-16)30-13-20(28)27(12-14-3-2-8-25-11-14)22-26-21-18(24)9-15(23)10-19(21)31-22/h2-11H,12-13H2,1H3. The smallest absolute Gasteiger partial charge is 0.267 e. The molecule has 31 heavy (non-hydrogen) atoms. The average molecular weight is 441 g/mol. The van der Waals surface area contributed by atoms with Crippen molar-refractivity contribution in [1.82, 2.24) is 9.97 Å². The Morgan fingerprint density at radius 3 is 2.61 bits per heavy atom. The van der Waals surface area contributed by atoms with Gasteiger partial charge < -0.3 is 9.47 Å². The Morgan fingerprint density at radius 2 is 1.90 bits per heavy atom. The van der Waals surface area contributed by atoms with Crippen molar-refractivity contribution in [2.45, 2.75) is 6.54 Å². The van der Waals surface area contributed by atoms with Gasteiger partial charge in [0.2, 0.25) is 0 Å². The molecule has 0 unspecified atom stereocenters. The number of anilines is 1. The van der Waals surface area contributed by atoms with Gasteiger partial charge in [-0.3, -0.25) is 14.7 Å². The summed E-state index contributed by atoms with van der Waals surface area (Å²) < 4.78 is 38.8. The van der Waals surface area contributed by atoms with E-state index in [0.29, 0.717) is 16.2 Å². The predicted molar refractivity (Wildman–Crippen MR) is 113 cm³/mol. The van der Waals surface area contributed by atoms with Crippen molar-refractivity contribution < 1.29 is 23.0 Å². The molecule has 0 bridgehead atoms. The van der Waals surface area contributed by atoms with Gasteiger partial charge in [-0.1, -0.05) is 17.4 Å². The number of hydrogen-bond acceptors (Lipinski definition) is 6. The van der Waals surface area contributed by atoms with E-state index in [4.69, 9.17) is 9.47 Å². The van der Waals surface area contributed by atoms with Crippen LogP contribution in [-0.4, -0.2) is 29.6 Å². The minimum Gasteiger partial charge on any atom is -0.497 e. The van der Waals surface area contributed by atoms with E-state index in [1.807, 2.05) is 6.07 Å². The fourth-order valence-corrected chi connectivity index (χ4v) is 3.91. The third-order valence-corrected chi connectivity index (χ3v) is 5.44. The first-order chi connectivity index (χ1) is 15.0. The van der Waals surface area contributed by atoms with Crippen LogP contribution >= 0.6 is 11.3 Å². The molecular formula is C22H17F2N3O3S. The van der Waals surface area contributed by atoms with E-state index in [0.717, 1.165) is 23.0 Å². The van der Waals surface area contributed by atoms with E-state index in [9.17, 15) is 13.6 Å². The van der Waals surface area contributed by atoms with Crippen LogP contribution in [0.4, 0.5) is 13.9 Å². The third kappa shape index (κ3) is 4.77. The summed E-state index contributed by atoms with van der Waals surface area (Å²) in [6, 6.07) is 12.3. The number of carbonyl (C=O) groups is 1.